The summed E-state index contributed by atoms with van der Waals surface area (Å²) in [5.41, 5.74) is 0.605. The number of rotatable bonds is 4. The molecule has 18 heavy (non-hydrogen) atoms. The topological polar surface area (TPSA) is 72.2 Å². The number of carbonyl (C=O) groups is 2. The molecule has 2 rings (SSSR count). The number of aliphatic carboxylic acids is 1. The van der Waals surface area contributed by atoms with E-state index in [2.05, 4.69) is 5.10 Å². The number of hydrogen-bond donors (Lipinski definition) is 1. The number of hydrogen-bond acceptors (Lipinski definition) is 4. The van der Waals surface area contributed by atoms with Crippen LogP contribution in [0.25, 0.3) is 0 Å². The third-order valence-corrected chi connectivity index (χ3v) is 2.99. The number of benzene rings is 1. The molecule has 6 heteroatoms. The Labute approximate surface area is 107 Å². The molecular weight excluding hydrogens is 252 g/mol. The van der Waals surface area contributed by atoms with E-state index >= 15 is 0 Å². The quantitative estimate of drug-likeness (QED) is 0.852. The summed E-state index contributed by atoms with van der Waals surface area (Å²) in [4.78, 5) is 23.0. The molecule has 0 aliphatic rings. The Morgan fingerprint density at radius 1 is 1.28 bits per heavy atom. The molecule has 1 heterocycles. The molecule has 0 radical (unpaired) electrons. The van der Waals surface area contributed by atoms with E-state index in [0.717, 1.165) is 11.8 Å². The Morgan fingerprint density at radius 2 is 2.00 bits per heavy atom. The smallest absolute Gasteiger partial charge is 0.325 e. The second-order valence-corrected chi connectivity index (χ2v) is 4.57. The minimum absolute atomic E-state index is 0.0922. The van der Waals surface area contributed by atoms with Gasteiger partial charge in [-0.2, -0.15) is 5.10 Å². The Morgan fingerprint density at radius 3 is 2.67 bits per heavy atom. The van der Waals surface area contributed by atoms with Crippen LogP contribution in [0.4, 0.5) is 0 Å². The second kappa shape index (κ2) is 5.50. The first kappa shape index (κ1) is 12.4. The van der Waals surface area contributed by atoms with Crippen molar-refractivity contribution in [3.8, 4) is 0 Å². The number of nitrogens with zero attached hydrogens (tertiary/aromatic N) is 2. The van der Waals surface area contributed by atoms with Crippen molar-refractivity contribution in [3.05, 3.63) is 48.3 Å². The van der Waals surface area contributed by atoms with Gasteiger partial charge in [-0.15, -0.1) is 0 Å². The van der Waals surface area contributed by atoms with E-state index in [-0.39, 0.29) is 11.7 Å². The fourth-order valence-corrected chi connectivity index (χ4v) is 2.10. The van der Waals surface area contributed by atoms with Crippen molar-refractivity contribution in [1.82, 2.24) is 9.78 Å². The van der Waals surface area contributed by atoms with E-state index < -0.39 is 5.97 Å². The molecule has 2 aromatic rings. The molecule has 0 fully saturated rings. The van der Waals surface area contributed by atoms with Crippen LogP contribution in [-0.2, 0) is 11.3 Å². The minimum atomic E-state index is -0.968. The van der Waals surface area contributed by atoms with Crippen LogP contribution in [0, 0.1) is 0 Å². The van der Waals surface area contributed by atoms with Crippen molar-refractivity contribution < 1.29 is 14.7 Å². The van der Waals surface area contributed by atoms with Crippen molar-refractivity contribution in [2.24, 2.45) is 0 Å². The molecule has 0 aliphatic carbocycles. The molecule has 1 aromatic heterocycles. The summed E-state index contributed by atoms with van der Waals surface area (Å²) in [7, 11) is 0. The molecule has 5 nitrogen and oxygen atoms in total. The highest BCUT2D eigenvalue weighted by Crippen LogP contribution is 2.21. The van der Waals surface area contributed by atoms with Crippen LogP contribution in [0.5, 0.6) is 0 Å². The summed E-state index contributed by atoms with van der Waals surface area (Å²) in [6.07, 6.45) is 3.02. The van der Waals surface area contributed by atoms with Crippen molar-refractivity contribution in [3.63, 3.8) is 0 Å². The van der Waals surface area contributed by atoms with Crippen LogP contribution in [0.3, 0.4) is 0 Å². The zero-order chi connectivity index (χ0) is 13.0. The molecule has 0 amide bonds. The fraction of sp³-hybridized carbons (Fsp3) is 0.0833. The molecule has 0 spiro atoms. The number of carboxylic acid groups (broad SMARTS) is 1. The molecule has 1 N–H and O–H groups in total. The molecule has 0 atom stereocenters. The lowest BCUT2D eigenvalue weighted by Crippen LogP contribution is -2.08. The van der Waals surface area contributed by atoms with E-state index in [4.69, 9.17) is 5.11 Å². The van der Waals surface area contributed by atoms with Gasteiger partial charge in [0.1, 0.15) is 6.54 Å². The largest absolute Gasteiger partial charge is 0.480 e. The highest BCUT2D eigenvalue weighted by Gasteiger charge is 2.10. The van der Waals surface area contributed by atoms with Gasteiger partial charge in [0.05, 0.1) is 11.1 Å². The number of carbonyl (C=O) groups excluding carboxylic acids is 1. The number of aromatic nitrogens is 2. The maximum Gasteiger partial charge on any atom is 0.325 e. The van der Waals surface area contributed by atoms with E-state index in [1.165, 1.54) is 10.9 Å². The molecule has 0 bridgehead atoms. The van der Waals surface area contributed by atoms with Crippen LogP contribution in [0.15, 0.2) is 47.6 Å². The Kier molecular flexibility index (Phi) is 3.78. The third-order valence-electron chi connectivity index (χ3n) is 2.13. The summed E-state index contributed by atoms with van der Waals surface area (Å²) in [6.45, 7) is -0.208. The van der Waals surface area contributed by atoms with Crippen LogP contribution in [-0.4, -0.2) is 26.0 Å². The molecule has 0 unspecified atom stereocenters. The Bertz CT molecular complexity index is 566. The predicted molar refractivity (Wildman–Crippen MR) is 66.5 cm³/mol. The van der Waals surface area contributed by atoms with E-state index in [9.17, 15) is 9.59 Å². The van der Waals surface area contributed by atoms with Gasteiger partial charge in [0, 0.05) is 11.8 Å². The molecule has 0 aliphatic heterocycles. The zero-order valence-corrected chi connectivity index (χ0v) is 10.1. The standard InChI is InChI=1S/C12H10N2O3S/c15-11(16)8-14-7-10(6-13-14)18-12(17)9-4-2-1-3-5-9/h1-7H,8H2,(H,15,16). The summed E-state index contributed by atoms with van der Waals surface area (Å²) in [6, 6.07) is 8.89. The lowest BCUT2D eigenvalue weighted by atomic mass is 10.2. The first-order valence-corrected chi connectivity index (χ1v) is 5.98. The summed E-state index contributed by atoms with van der Waals surface area (Å²) < 4.78 is 1.28. The highest BCUT2D eigenvalue weighted by atomic mass is 32.2. The van der Waals surface area contributed by atoms with Gasteiger partial charge in [-0.3, -0.25) is 14.3 Å². The van der Waals surface area contributed by atoms with Gasteiger partial charge in [0.2, 0.25) is 5.12 Å². The monoisotopic (exact) mass is 262 g/mol. The predicted octanol–water partition coefficient (Wildman–Crippen LogP) is 1.90. The zero-order valence-electron chi connectivity index (χ0n) is 9.31. The lowest BCUT2D eigenvalue weighted by Gasteiger charge is -1.97. The van der Waals surface area contributed by atoms with Crippen LogP contribution in [0.1, 0.15) is 10.4 Å². The maximum atomic E-state index is 11.9. The van der Waals surface area contributed by atoms with Gasteiger partial charge in [-0.25, -0.2) is 0 Å². The van der Waals surface area contributed by atoms with Gasteiger partial charge in [-0.1, -0.05) is 30.3 Å². The minimum Gasteiger partial charge on any atom is -0.480 e. The molecule has 92 valence electrons. The lowest BCUT2D eigenvalue weighted by molar-refractivity contribution is -0.137. The summed E-state index contributed by atoms with van der Waals surface area (Å²) >= 11 is 1.03. The van der Waals surface area contributed by atoms with E-state index in [1.54, 1.807) is 30.5 Å². The average molecular weight is 262 g/mol. The first-order valence-electron chi connectivity index (χ1n) is 5.16. The van der Waals surface area contributed by atoms with Crippen LogP contribution >= 0.6 is 11.8 Å². The Hall–Kier alpha value is -2.08. The van der Waals surface area contributed by atoms with Crippen molar-refractivity contribution in [2.75, 3.05) is 0 Å². The van der Waals surface area contributed by atoms with Gasteiger partial charge in [-0.05, 0) is 11.8 Å². The molecule has 0 saturated heterocycles. The van der Waals surface area contributed by atoms with Crippen LogP contribution in [0.2, 0.25) is 0 Å². The Balaban J connectivity index is 2.04. The third kappa shape index (κ3) is 3.21. The SMILES string of the molecule is O=C(O)Cn1cc(SC(=O)c2ccccc2)cn1. The van der Waals surface area contributed by atoms with E-state index in [0.29, 0.717) is 10.5 Å². The van der Waals surface area contributed by atoms with Crippen LogP contribution < -0.4 is 0 Å². The maximum absolute atomic E-state index is 11.9. The number of thioether (sulfide) groups is 1. The van der Waals surface area contributed by atoms with Gasteiger partial charge in [0.15, 0.2) is 0 Å². The summed E-state index contributed by atoms with van der Waals surface area (Å²) in [5.74, 6) is -0.968. The second-order valence-electron chi connectivity index (χ2n) is 3.52. The van der Waals surface area contributed by atoms with Crippen molar-refractivity contribution in [2.45, 2.75) is 11.4 Å². The summed E-state index contributed by atoms with van der Waals surface area (Å²) in [5, 5.41) is 12.4. The average Bonchev–Trinajstić information content (AvgIpc) is 2.76. The number of carboxylic acids is 1. The van der Waals surface area contributed by atoms with E-state index in [1.807, 2.05) is 6.07 Å². The van der Waals surface area contributed by atoms with Crippen molar-refractivity contribution >= 4 is 22.8 Å². The van der Waals surface area contributed by atoms with Gasteiger partial charge < -0.3 is 5.11 Å². The highest BCUT2D eigenvalue weighted by molar-refractivity contribution is 8.14. The normalized spacial score (nSPS) is 10.2. The van der Waals surface area contributed by atoms with Gasteiger partial charge in [0.25, 0.3) is 0 Å². The molecule has 0 saturated carbocycles. The molecule has 1 aromatic carbocycles. The van der Waals surface area contributed by atoms with Crippen molar-refractivity contribution in [1.29, 1.82) is 0 Å². The molecular formula is C12H10N2O3S. The fourth-order valence-electron chi connectivity index (χ4n) is 1.36. The van der Waals surface area contributed by atoms with Gasteiger partial charge >= 0.3 is 5.97 Å². The first-order chi connectivity index (χ1) is 8.65.